The molecule has 4 nitrogen and oxygen atoms in total. The summed E-state index contributed by atoms with van der Waals surface area (Å²) >= 11 is 0. The van der Waals surface area contributed by atoms with Crippen molar-refractivity contribution in [3.8, 4) is 11.8 Å². The lowest BCUT2D eigenvalue weighted by Gasteiger charge is -1.96. The number of hydrogen-bond donors (Lipinski definition) is 3. The van der Waals surface area contributed by atoms with Crippen LogP contribution in [0, 0.1) is 0 Å². The van der Waals surface area contributed by atoms with Gasteiger partial charge in [0.05, 0.1) is 6.61 Å². The summed E-state index contributed by atoms with van der Waals surface area (Å²) in [6.07, 6.45) is 0. The average molecular weight is 157 g/mol. The van der Waals surface area contributed by atoms with E-state index in [0.717, 1.165) is 0 Å². The Morgan fingerprint density at radius 2 is 2.27 bits per heavy atom. The lowest BCUT2D eigenvalue weighted by Crippen LogP contribution is -1.89. The standard InChI is InChI=1S/C7H11NO3/c1-2-11-4-5-3-6(9)8-7(5)10/h3,8-10H,2,4H2,1H3. The van der Waals surface area contributed by atoms with Gasteiger partial charge in [-0.2, -0.15) is 0 Å². The third-order valence-corrected chi connectivity index (χ3v) is 1.32. The number of aromatic nitrogens is 1. The Kier molecular flexibility index (Phi) is 2.38. The summed E-state index contributed by atoms with van der Waals surface area (Å²) in [6.45, 7) is 2.77. The average Bonchev–Trinajstić information content (AvgIpc) is 2.26. The number of hydrogen-bond acceptors (Lipinski definition) is 3. The highest BCUT2D eigenvalue weighted by Crippen LogP contribution is 2.21. The summed E-state index contributed by atoms with van der Waals surface area (Å²) in [4.78, 5) is 2.35. The number of ether oxygens (including phenoxy) is 1. The Labute approximate surface area is 64.4 Å². The summed E-state index contributed by atoms with van der Waals surface area (Å²) < 4.78 is 5.02. The zero-order valence-corrected chi connectivity index (χ0v) is 6.29. The largest absolute Gasteiger partial charge is 0.495 e. The molecule has 0 radical (unpaired) electrons. The second-order valence-electron chi connectivity index (χ2n) is 2.17. The molecule has 0 saturated carbocycles. The Bertz CT molecular complexity index is 232. The maximum atomic E-state index is 9.06. The van der Waals surface area contributed by atoms with Crippen LogP contribution >= 0.6 is 0 Å². The van der Waals surface area contributed by atoms with E-state index in [9.17, 15) is 0 Å². The van der Waals surface area contributed by atoms with E-state index in [1.54, 1.807) is 0 Å². The molecule has 0 atom stereocenters. The minimum absolute atomic E-state index is 0.0315. The lowest BCUT2D eigenvalue weighted by molar-refractivity contribution is 0.132. The van der Waals surface area contributed by atoms with Crippen LogP contribution in [0.3, 0.4) is 0 Å². The van der Waals surface area contributed by atoms with Gasteiger partial charge in [-0.15, -0.1) is 0 Å². The normalized spacial score (nSPS) is 10.3. The molecule has 0 aliphatic carbocycles. The molecule has 11 heavy (non-hydrogen) atoms. The van der Waals surface area contributed by atoms with Crippen LogP contribution in [-0.4, -0.2) is 21.8 Å². The fourth-order valence-corrected chi connectivity index (χ4v) is 0.793. The molecule has 0 saturated heterocycles. The van der Waals surface area contributed by atoms with Crippen molar-refractivity contribution < 1.29 is 14.9 Å². The molecule has 1 aromatic rings. The van der Waals surface area contributed by atoms with Gasteiger partial charge in [0.25, 0.3) is 0 Å². The summed E-state index contributed by atoms with van der Waals surface area (Å²) in [6, 6.07) is 1.44. The van der Waals surface area contributed by atoms with E-state index in [-0.39, 0.29) is 11.8 Å². The van der Waals surface area contributed by atoms with Crippen molar-refractivity contribution in [3.63, 3.8) is 0 Å². The van der Waals surface area contributed by atoms with Crippen molar-refractivity contribution >= 4 is 0 Å². The molecule has 0 bridgehead atoms. The zero-order chi connectivity index (χ0) is 8.27. The summed E-state index contributed by atoms with van der Waals surface area (Å²) in [7, 11) is 0. The molecule has 0 spiro atoms. The van der Waals surface area contributed by atoms with Gasteiger partial charge in [0.2, 0.25) is 0 Å². The van der Waals surface area contributed by atoms with Crippen molar-refractivity contribution in [3.05, 3.63) is 11.6 Å². The van der Waals surface area contributed by atoms with E-state index in [4.69, 9.17) is 14.9 Å². The molecule has 4 heteroatoms. The first kappa shape index (κ1) is 7.94. The van der Waals surface area contributed by atoms with Crippen molar-refractivity contribution in [1.82, 2.24) is 4.98 Å². The van der Waals surface area contributed by atoms with E-state index < -0.39 is 0 Å². The molecule has 1 rings (SSSR count). The lowest BCUT2D eigenvalue weighted by atomic mass is 10.3. The zero-order valence-electron chi connectivity index (χ0n) is 6.29. The molecular weight excluding hydrogens is 146 g/mol. The van der Waals surface area contributed by atoms with Gasteiger partial charge in [0.15, 0.2) is 11.8 Å². The Hall–Kier alpha value is -1.16. The number of nitrogens with one attached hydrogen (secondary N) is 1. The molecule has 0 fully saturated rings. The predicted octanol–water partition coefficient (Wildman–Crippen LogP) is 0.962. The molecular formula is C7H11NO3. The molecule has 0 aliphatic rings. The van der Waals surface area contributed by atoms with Crippen molar-refractivity contribution in [1.29, 1.82) is 0 Å². The predicted molar refractivity (Wildman–Crippen MR) is 39.5 cm³/mol. The third-order valence-electron chi connectivity index (χ3n) is 1.32. The van der Waals surface area contributed by atoms with Gasteiger partial charge in [0.1, 0.15) is 0 Å². The number of H-pyrrole nitrogens is 1. The topological polar surface area (TPSA) is 65.5 Å². The monoisotopic (exact) mass is 157 g/mol. The summed E-state index contributed by atoms with van der Waals surface area (Å²) in [5.74, 6) is -0.0758. The van der Waals surface area contributed by atoms with E-state index in [1.807, 2.05) is 6.92 Å². The highest BCUT2D eigenvalue weighted by molar-refractivity contribution is 5.31. The quantitative estimate of drug-likeness (QED) is 0.612. The van der Waals surface area contributed by atoms with E-state index in [0.29, 0.717) is 18.8 Å². The molecule has 1 aromatic heterocycles. The van der Waals surface area contributed by atoms with Crippen molar-refractivity contribution in [2.45, 2.75) is 13.5 Å². The molecule has 3 N–H and O–H groups in total. The van der Waals surface area contributed by atoms with Gasteiger partial charge in [-0.1, -0.05) is 0 Å². The molecule has 0 aliphatic heterocycles. The van der Waals surface area contributed by atoms with Gasteiger partial charge in [-0.25, -0.2) is 0 Å². The fraction of sp³-hybridized carbons (Fsp3) is 0.429. The van der Waals surface area contributed by atoms with Crippen LogP contribution < -0.4 is 0 Å². The highest BCUT2D eigenvalue weighted by Gasteiger charge is 2.04. The van der Waals surface area contributed by atoms with Crippen LogP contribution in [0.4, 0.5) is 0 Å². The van der Waals surface area contributed by atoms with Crippen LogP contribution in [-0.2, 0) is 11.3 Å². The first-order chi connectivity index (χ1) is 5.24. The second kappa shape index (κ2) is 3.30. The summed E-state index contributed by atoms with van der Waals surface area (Å²) in [5.41, 5.74) is 0.573. The number of aromatic amines is 1. The van der Waals surface area contributed by atoms with Gasteiger partial charge >= 0.3 is 0 Å². The Morgan fingerprint density at radius 1 is 1.55 bits per heavy atom. The third kappa shape index (κ3) is 1.88. The molecule has 0 unspecified atom stereocenters. The first-order valence-electron chi connectivity index (χ1n) is 3.41. The Balaban J connectivity index is 2.62. The molecule has 0 aromatic carbocycles. The van der Waals surface area contributed by atoms with Gasteiger partial charge < -0.3 is 14.9 Å². The van der Waals surface area contributed by atoms with Crippen LogP contribution in [0.2, 0.25) is 0 Å². The van der Waals surface area contributed by atoms with Crippen LogP contribution in [0.15, 0.2) is 6.07 Å². The SMILES string of the molecule is CCOCc1cc(O)[nH]c1O. The summed E-state index contributed by atoms with van der Waals surface area (Å²) in [5, 5.41) is 17.9. The minimum atomic E-state index is -0.0443. The van der Waals surface area contributed by atoms with Crippen LogP contribution in [0.5, 0.6) is 11.8 Å². The van der Waals surface area contributed by atoms with Crippen LogP contribution in [0.1, 0.15) is 12.5 Å². The second-order valence-corrected chi connectivity index (χ2v) is 2.17. The fourth-order valence-electron chi connectivity index (χ4n) is 0.793. The molecule has 1 heterocycles. The van der Waals surface area contributed by atoms with E-state index in [2.05, 4.69) is 4.98 Å². The number of aromatic hydroxyl groups is 2. The van der Waals surface area contributed by atoms with Gasteiger partial charge in [0, 0.05) is 18.2 Å². The molecule has 62 valence electrons. The Morgan fingerprint density at radius 3 is 2.73 bits per heavy atom. The van der Waals surface area contributed by atoms with Crippen molar-refractivity contribution in [2.24, 2.45) is 0 Å². The van der Waals surface area contributed by atoms with E-state index >= 15 is 0 Å². The van der Waals surface area contributed by atoms with E-state index in [1.165, 1.54) is 6.07 Å². The molecule has 0 amide bonds. The maximum Gasteiger partial charge on any atom is 0.196 e. The first-order valence-corrected chi connectivity index (χ1v) is 3.41. The van der Waals surface area contributed by atoms with Crippen LogP contribution in [0.25, 0.3) is 0 Å². The highest BCUT2D eigenvalue weighted by atomic mass is 16.5. The maximum absolute atomic E-state index is 9.06. The smallest absolute Gasteiger partial charge is 0.196 e. The van der Waals surface area contributed by atoms with Gasteiger partial charge in [-0.05, 0) is 6.92 Å². The van der Waals surface area contributed by atoms with Gasteiger partial charge in [-0.3, -0.25) is 4.98 Å². The van der Waals surface area contributed by atoms with Crippen molar-refractivity contribution in [2.75, 3.05) is 6.61 Å². The minimum Gasteiger partial charge on any atom is -0.495 e. The number of rotatable bonds is 3.